The van der Waals surface area contributed by atoms with Gasteiger partial charge in [-0.25, -0.2) is 10.2 Å². The summed E-state index contributed by atoms with van der Waals surface area (Å²) in [5.74, 6) is 0.385. The van der Waals surface area contributed by atoms with E-state index in [0.29, 0.717) is 17.0 Å². The third-order valence-corrected chi connectivity index (χ3v) is 2.63. The van der Waals surface area contributed by atoms with E-state index in [0.717, 1.165) is 0 Å². The second kappa shape index (κ2) is 7.36. The largest absolute Gasteiger partial charge is 0.495 e. The highest BCUT2D eigenvalue weighted by atomic mass is 16.6. The van der Waals surface area contributed by atoms with E-state index in [2.05, 4.69) is 10.9 Å². The van der Waals surface area contributed by atoms with Crippen molar-refractivity contribution in [3.05, 3.63) is 48.4 Å². The van der Waals surface area contributed by atoms with Crippen molar-refractivity contribution in [3.8, 4) is 16.9 Å². The van der Waals surface area contributed by atoms with Gasteiger partial charge < -0.3 is 9.47 Å². The lowest BCUT2D eigenvalue weighted by molar-refractivity contribution is 0.117. The number of benzene rings is 2. The molecule has 0 saturated carbocycles. The van der Waals surface area contributed by atoms with E-state index in [1.807, 2.05) is 0 Å². The van der Waals surface area contributed by atoms with E-state index in [9.17, 15) is 4.79 Å². The highest BCUT2D eigenvalue weighted by Crippen LogP contribution is 2.30. The average molecular weight is 305 g/mol. The summed E-state index contributed by atoms with van der Waals surface area (Å²) in [5.41, 5.74) is 5.77. The first kappa shape index (κ1) is 10.1. The van der Waals surface area contributed by atoms with Crippen LogP contribution in [0.25, 0.3) is 11.1 Å². The van der Waals surface area contributed by atoms with Crippen LogP contribution in [0.2, 0.25) is 0 Å². The fourth-order valence-electron chi connectivity index (χ4n) is 1.72. The first-order valence-electron chi connectivity index (χ1n) is 9.15. The van der Waals surface area contributed by atoms with Gasteiger partial charge >= 0.3 is 6.09 Å². The number of hydrogen-bond acceptors (Lipinski definition) is 4. The molecule has 2 rings (SSSR count). The van der Waals surface area contributed by atoms with E-state index >= 15 is 0 Å². The molecule has 0 radical (unpaired) electrons. The number of carbonyl (C=O) groups is 1. The predicted molar refractivity (Wildman–Crippen MR) is 86.8 cm³/mol. The molecule has 2 aromatic carbocycles. The molecule has 22 heavy (non-hydrogen) atoms. The Morgan fingerprint density at radius 1 is 1.18 bits per heavy atom. The number of hydrogen-bond donors (Lipinski definition) is 2. The van der Waals surface area contributed by atoms with Gasteiger partial charge in [0.25, 0.3) is 0 Å². The van der Waals surface area contributed by atoms with E-state index in [1.54, 1.807) is 26.0 Å². The van der Waals surface area contributed by atoms with Crippen LogP contribution >= 0.6 is 0 Å². The molecule has 0 fully saturated rings. The molecule has 5 heteroatoms. The summed E-state index contributed by atoms with van der Waals surface area (Å²) in [6, 6.07) is 2.72. The maximum absolute atomic E-state index is 11.6. The Bertz CT molecular complexity index is 845. The van der Waals surface area contributed by atoms with E-state index in [-0.39, 0.29) is 23.8 Å². The third-order valence-electron chi connectivity index (χ3n) is 2.63. The normalized spacial score (nSPS) is 13.4. The van der Waals surface area contributed by atoms with Crippen LogP contribution in [0.1, 0.15) is 20.7 Å². The number of amides is 1. The molecule has 2 N–H and O–H groups in total. The van der Waals surface area contributed by atoms with Crippen LogP contribution in [-0.4, -0.2) is 19.3 Å². The maximum atomic E-state index is 11.6. The Labute approximate surface area is 137 Å². The van der Waals surface area contributed by atoms with Crippen LogP contribution in [-0.2, 0) is 4.74 Å². The third kappa shape index (κ3) is 4.15. The molecule has 0 aliphatic heterocycles. The number of ether oxygens (including phenoxy) is 2. The lowest BCUT2D eigenvalue weighted by Gasteiger charge is -2.15. The minimum Gasteiger partial charge on any atom is -0.495 e. The van der Waals surface area contributed by atoms with E-state index in [1.165, 1.54) is 13.2 Å². The highest BCUT2D eigenvalue weighted by Gasteiger charge is 2.08. The number of methoxy groups -OCH3 is 1. The van der Waals surface area contributed by atoms with Gasteiger partial charge in [-0.1, -0.05) is 36.3 Å². The van der Waals surface area contributed by atoms with Crippen molar-refractivity contribution in [3.63, 3.8) is 0 Å². The van der Waals surface area contributed by atoms with Gasteiger partial charge in [0.15, 0.2) is 0 Å². The van der Waals surface area contributed by atoms with Crippen molar-refractivity contribution >= 4 is 11.8 Å². The van der Waals surface area contributed by atoms with Crippen LogP contribution in [0.3, 0.4) is 0 Å². The van der Waals surface area contributed by atoms with Crippen LogP contribution in [0.4, 0.5) is 10.5 Å². The van der Waals surface area contributed by atoms with Crippen molar-refractivity contribution < 1.29 is 21.1 Å². The summed E-state index contributed by atoms with van der Waals surface area (Å²) < 4.78 is 49.6. The molecule has 0 atom stereocenters. The SMILES string of the molecule is [2H]c1c([2H])c([2H])c(-c2ccc(OC)c(NNC(=O)OC(C)C)c2)c([2H])c1[2H]. The topological polar surface area (TPSA) is 59.6 Å². The second-order valence-electron chi connectivity index (χ2n) is 4.62. The molecule has 0 unspecified atom stereocenters. The smallest absolute Gasteiger partial charge is 0.426 e. The van der Waals surface area contributed by atoms with Gasteiger partial charge in [-0.3, -0.25) is 5.43 Å². The van der Waals surface area contributed by atoms with Crippen LogP contribution < -0.4 is 15.6 Å². The number of rotatable bonds is 5. The lowest BCUT2D eigenvalue weighted by Crippen LogP contribution is -2.31. The predicted octanol–water partition coefficient (Wildman–Crippen LogP) is 3.82. The molecule has 0 aliphatic rings. The molecule has 0 aromatic heterocycles. The number of nitrogens with one attached hydrogen (secondary N) is 2. The fourth-order valence-corrected chi connectivity index (χ4v) is 1.72. The molecule has 116 valence electrons. The van der Waals surface area contributed by atoms with Crippen LogP contribution in [0.15, 0.2) is 48.4 Å². The Kier molecular flexibility index (Phi) is 3.38. The van der Waals surface area contributed by atoms with Gasteiger partial charge in [0.05, 0.1) is 25.8 Å². The van der Waals surface area contributed by atoms with Gasteiger partial charge in [-0.2, -0.15) is 0 Å². The van der Waals surface area contributed by atoms with E-state index < -0.39 is 24.2 Å². The summed E-state index contributed by atoms with van der Waals surface area (Å²) in [6.45, 7) is 3.42. The van der Waals surface area contributed by atoms with Crippen molar-refractivity contribution in [1.82, 2.24) is 5.43 Å². The summed E-state index contributed by atoms with van der Waals surface area (Å²) in [4.78, 5) is 11.6. The minimum absolute atomic E-state index is 0.0523. The Hall–Kier alpha value is -2.69. The lowest BCUT2D eigenvalue weighted by atomic mass is 10.1. The molecular weight excluding hydrogens is 280 g/mol. The number of hydrazine groups is 1. The number of anilines is 1. The molecule has 0 spiro atoms. The Morgan fingerprint density at radius 2 is 1.91 bits per heavy atom. The Balaban J connectivity index is 2.45. The quantitative estimate of drug-likeness (QED) is 0.824. The van der Waals surface area contributed by atoms with Gasteiger partial charge in [0.2, 0.25) is 0 Å². The molecule has 1 amide bonds. The average Bonchev–Trinajstić information content (AvgIpc) is 2.63. The zero-order valence-electron chi connectivity index (χ0n) is 17.5. The standard InChI is InChI=1S/C17H20N2O3/c1-12(2)22-17(20)19-18-15-11-14(9-10-16(15)21-3)13-7-5-4-6-8-13/h4-12,18H,1-3H3,(H,19,20)/i4D,5D,6D,7D,8D. The summed E-state index contributed by atoms with van der Waals surface area (Å²) >= 11 is 0. The molecule has 2 aromatic rings. The molecule has 0 heterocycles. The summed E-state index contributed by atoms with van der Waals surface area (Å²) in [5, 5.41) is 0. The fraction of sp³-hybridized carbons (Fsp3) is 0.235. The van der Waals surface area contributed by atoms with Gasteiger partial charge in [-0.05, 0) is 37.1 Å². The van der Waals surface area contributed by atoms with Crippen molar-refractivity contribution in [2.75, 3.05) is 12.5 Å². The first-order valence-corrected chi connectivity index (χ1v) is 6.65. The zero-order valence-corrected chi connectivity index (χ0v) is 12.5. The highest BCUT2D eigenvalue weighted by molar-refractivity contribution is 5.74. The van der Waals surface area contributed by atoms with Crippen LogP contribution in [0, 0.1) is 0 Å². The van der Waals surface area contributed by atoms with Crippen molar-refractivity contribution in [1.29, 1.82) is 0 Å². The monoisotopic (exact) mass is 305 g/mol. The summed E-state index contributed by atoms with van der Waals surface area (Å²) in [7, 11) is 1.44. The molecule has 5 nitrogen and oxygen atoms in total. The molecule has 0 bridgehead atoms. The maximum Gasteiger partial charge on any atom is 0.426 e. The van der Waals surface area contributed by atoms with Crippen molar-refractivity contribution in [2.24, 2.45) is 0 Å². The van der Waals surface area contributed by atoms with E-state index in [4.69, 9.17) is 16.3 Å². The first-order chi connectivity index (χ1) is 12.7. The van der Waals surface area contributed by atoms with Crippen LogP contribution in [0.5, 0.6) is 5.75 Å². The van der Waals surface area contributed by atoms with Gasteiger partial charge in [-0.15, -0.1) is 0 Å². The molecule has 0 aliphatic carbocycles. The number of carbonyl (C=O) groups excluding carboxylic acids is 1. The van der Waals surface area contributed by atoms with Gasteiger partial charge in [0.1, 0.15) is 5.75 Å². The van der Waals surface area contributed by atoms with Crippen molar-refractivity contribution in [2.45, 2.75) is 20.0 Å². The molecular formula is C17H20N2O3. The molecule has 0 saturated heterocycles. The second-order valence-corrected chi connectivity index (χ2v) is 4.62. The minimum atomic E-state index is -0.694. The van der Waals surface area contributed by atoms with Gasteiger partial charge in [0, 0.05) is 0 Å². The summed E-state index contributed by atoms with van der Waals surface area (Å²) in [6.07, 6.45) is -0.994. The zero-order chi connectivity index (χ0) is 20.3. The Morgan fingerprint density at radius 3 is 2.55 bits per heavy atom.